The third-order valence-corrected chi connectivity index (χ3v) is 2.89. The topological polar surface area (TPSA) is 55.6 Å². The Labute approximate surface area is 85.4 Å². The van der Waals surface area contributed by atoms with Crippen molar-refractivity contribution in [3.8, 4) is 0 Å². The Kier molecular flexibility index (Phi) is 3.89. The van der Waals surface area contributed by atoms with Crippen LogP contribution in [0.15, 0.2) is 0 Å². The van der Waals surface area contributed by atoms with Crippen LogP contribution in [0, 0.1) is 5.92 Å². The molecular formula is C10H20N2O2. The van der Waals surface area contributed by atoms with Crippen molar-refractivity contribution >= 4 is 5.91 Å². The van der Waals surface area contributed by atoms with Crippen LogP contribution in [-0.2, 0) is 9.53 Å². The van der Waals surface area contributed by atoms with Crippen LogP contribution in [0.1, 0.15) is 20.3 Å². The molecular weight excluding hydrogens is 180 g/mol. The normalized spacial score (nSPS) is 30.1. The van der Waals surface area contributed by atoms with Gasteiger partial charge in [0.05, 0.1) is 12.1 Å². The molecule has 0 spiro atoms. The molecule has 0 aromatic carbocycles. The fraction of sp³-hybridized carbons (Fsp3) is 0.900. The predicted molar refractivity (Wildman–Crippen MR) is 54.8 cm³/mol. The van der Waals surface area contributed by atoms with Gasteiger partial charge in [-0.1, -0.05) is 6.92 Å². The molecule has 0 bridgehead atoms. The van der Waals surface area contributed by atoms with Gasteiger partial charge in [0.25, 0.3) is 0 Å². The van der Waals surface area contributed by atoms with E-state index < -0.39 is 6.04 Å². The molecule has 2 unspecified atom stereocenters. The van der Waals surface area contributed by atoms with Crippen molar-refractivity contribution in [1.82, 2.24) is 4.90 Å². The first kappa shape index (κ1) is 11.5. The van der Waals surface area contributed by atoms with Gasteiger partial charge in [0.2, 0.25) is 5.91 Å². The zero-order valence-corrected chi connectivity index (χ0v) is 9.19. The van der Waals surface area contributed by atoms with Gasteiger partial charge in [-0.05, 0) is 19.3 Å². The van der Waals surface area contributed by atoms with Crippen LogP contribution in [0.5, 0.6) is 0 Å². The highest BCUT2D eigenvalue weighted by atomic mass is 16.5. The number of carbonyl (C=O) groups excluding carboxylic acids is 1. The van der Waals surface area contributed by atoms with Gasteiger partial charge >= 0.3 is 0 Å². The van der Waals surface area contributed by atoms with Crippen molar-refractivity contribution in [2.75, 3.05) is 20.2 Å². The minimum absolute atomic E-state index is 0.0268. The van der Waals surface area contributed by atoms with E-state index in [1.807, 2.05) is 0 Å². The number of nitrogens with zero attached hydrogens (tertiary/aromatic N) is 1. The van der Waals surface area contributed by atoms with Crippen LogP contribution in [-0.4, -0.2) is 43.2 Å². The number of hydrogen-bond acceptors (Lipinski definition) is 3. The average molecular weight is 200 g/mol. The molecule has 0 radical (unpaired) electrons. The van der Waals surface area contributed by atoms with E-state index >= 15 is 0 Å². The quantitative estimate of drug-likeness (QED) is 0.693. The number of amides is 1. The van der Waals surface area contributed by atoms with Gasteiger partial charge in [-0.2, -0.15) is 0 Å². The summed E-state index contributed by atoms with van der Waals surface area (Å²) in [5, 5.41) is 0. The van der Waals surface area contributed by atoms with Crippen molar-refractivity contribution < 1.29 is 9.53 Å². The lowest BCUT2D eigenvalue weighted by Gasteiger charge is -2.36. The van der Waals surface area contributed by atoms with Crippen LogP contribution in [0.2, 0.25) is 0 Å². The number of rotatable bonds is 2. The van der Waals surface area contributed by atoms with E-state index in [0.29, 0.717) is 12.5 Å². The van der Waals surface area contributed by atoms with Crippen molar-refractivity contribution in [3.05, 3.63) is 0 Å². The smallest absolute Gasteiger partial charge is 0.239 e. The molecule has 0 aliphatic carbocycles. The lowest BCUT2D eigenvalue weighted by Crippen LogP contribution is -2.51. The molecule has 1 saturated heterocycles. The third kappa shape index (κ3) is 2.45. The molecule has 1 aliphatic rings. The van der Waals surface area contributed by atoms with Crippen molar-refractivity contribution in [3.63, 3.8) is 0 Å². The van der Waals surface area contributed by atoms with E-state index in [9.17, 15) is 4.79 Å². The minimum atomic E-state index is -0.402. The SMILES string of the molecule is COC1CN(C(=O)[C@@H](C)N)CCC1C. The Hall–Kier alpha value is -0.610. The summed E-state index contributed by atoms with van der Waals surface area (Å²) in [7, 11) is 1.70. The summed E-state index contributed by atoms with van der Waals surface area (Å²) in [4.78, 5) is 13.4. The molecule has 82 valence electrons. The Morgan fingerprint density at radius 1 is 1.64 bits per heavy atom. The first-order valence-corrected chi connectivity index (χ1v) is 5.13. The van der Waals surface area contributed by atoms with E-state index in [1.54, 1.807) is 18.9 Å². The van der Waals surface area contributed by atoms with E-state index in [1.165, 1.54) is 0 Å². The fourth-order valence-corrected chi connectivity index (χ4v) is 1.83. The second kappa shape index (κ2) is 4.75. The number of ether oxygens (including phenoxy) is 1. The van der Waals surface area contributed by atoms with Gasteiger partial charge in [-0.25, -0.2) is 0 Å². The summed E-state index contributed by atoms with van der Waals surface area (Å²) in [6.07, 6.45) is 1.16. The Balaban J connectivity index is 2.54. The molecule has 14 heavy (non-hydrogen) atoms. The number of hydrogen-bond donors (Lipinski definition) is 1. The maximum atomic E-state index is 11.6. The lowest BCUT2D eigenvalue weighted by molar-refractivity contribution is -0.137. The van der Waals surface area contributed by atoms with Crippen LogP contribution < -0.4 is 5.73 Å². The Bertz CT molecular complexity index is 206. The lowest BCUT2D eigenvalue weighted by atomic mass is 9.95. The number of piperidine rings is 1. The van der Waals surface area contributed by atoms with Crippen LogP contribution >= 0.6 is 0 Å². The van der Waals surface area contributed by atoms with Gasteiger partial charge in [0, 0.05) is 20.2 Å². The summed E-state index contributed by atoms with van der Waals surface area (Å²) in [5.74, 6) is 0.552. The number of likely N-dealkylation sites (tertiary alicyclic amines) is 1. The molecule has 1 aliphatic heterocycles. The van der Waals surface area contributed by atoms with Crippen molar-refractivity contribution in [1.29, 1.82) is 0 Å². The van der Waals surface area contributed by atoms with Crippen LogP contribution in [0.3, 0.4) is 0 Å². The van der Waals surface area contributed by atoms with E-state index in [0.717, 1.165) is 13.0 Å². The largest absolute Gasteiger partial charge is 0.379 e. The highest BCUT2D eigenvalue weighted by Crippen LogP contribution is 2.19. The van der Waals surface area contributed by atoms with Crippen LogP contribution in [0.25, 0.3) is 0 Å². The number of methoxy groups -OCH3 is 1. The number of carbonyl (C=O) groups is 1. The standard InChI is InChI=1S/C10H20N2O2/c1-7-4-5-12(6-9(7)14-3)10(13)8(2)11/h7-9H,4-6,11H2,1-3H3/t7?,8-,9?/m1/s1. The average Bonchev–Trinajstić information content (AvgIpc) is 2.17. The molecule has 2 N–H and O–H groups in total. The number of nitrogens with two attached hydrogens (primary N) is 1. The molecule has 0 aromatic heterocycles. The second-order valence-corrected chi connectivity index (χ2v) is 4.11. The van der Waals surface area contributed by atoms with Gasteiger partial charge in [0.1, 0.15) is 0 Å². The van der Waals surface area contributed by atoms with E-state index in [4.69, 9.17) is 10.5 Å². The fourth-order valence-electron chi connectivity index (χ4n) is 1.83. The van der Waals surface area contributed by atoms with Crippen LogP contribution in [0.4, 0.5) is 0 Å². The van der Waals surface area contributed by atoms with Gasteiger partial charge in [-0.15, -0.1) is 0 Å². The second-order valence-electron chi connectivity index (χ2n) is 4.11. The molecule has 4 nitrogen and oxygen atoms in total. The van der Waals surface area contributed by atoms with Crippen molar-refractivity contribution in [2.24, 2.45) is 11.7 Å². The molecule has 1 rings (SSSR count). The Morgan fingerprint density at radius 3 is 2.79 bits per heavy atom. The van der Waals surface area contributed by atoms with Gasteiger partial charge < -0.3 is 15.4 Å². The van der Waals surface area contributed by atoms with E-state index in [-0.39, 0.29) is 12.0 Å². The Morgan fingerprint density at radius 2 is 2.29 bits per heavy atom. The zero-order chi connectivity index (χ0) is 10.7. The summed E-state index contributed by atoms with van der Waals surface area (Å²) in [6, 6.07) is -0.402. The maximum absolute atomic E-state index is 11.6. The first-order valence-electron chi connectivity index (χ1n) is 5.13. The maximum Gasteiger partial charge on any atom is 0.239 e. The monoisotopic (exact) mass is 200 g/mol. The zero-order valence-electron chi connectivity index (χ0n) is 9.19. The molecule has 1 fully saturated rings. The molecule has 3 atom stereocenters. The highest BCUT2D eigenvalue weighted by Gasteiger charge is 2.29. The summed E-state index contributed by atoms with van der Waals surface area (Å²) in [5.41, 5.74) is 5.56. The van der Waals surface area contributed by atoms with Gasteiger partial charge in [0.15, 0.2) is 0 Å². The minimum Gasteiger partial charge on any atom is -0.379 e. The molecule has 0 aromatic rings. The summed E-state index contributed by atoms with van der Waals surface area (Å²) < 4.78 is 5.33. The molecule has 4 heteroatoms. The summed E-state index contributed by atoms with van der Waals surface area (Å²) >= 11 is 0. The third-order valence-electron chi connectivity index (χ3n) is 2.89. The molecule has 0 saturated carbocycles. The highest BCUT2D eigenvalue weighted by molar-refractivity contribution is 5.81. The molecule has 1 amide bonds. The van der Waals surface area contributed by atoms with Crippen molar-refractivity contribution in [2.45, 2.75) is 32.4 Å². The summed E-state index contributed by atoms with van der Waals surface area (Å²) in [6.45, 7) is 5.36. The van der Waals surface area contributed by atoms with Gasteiger partial charge in [-0.3, -0.25) is 4.79 Å². The predicted octanol–water partition coefficient (Wildman–Crippen LogP) is 0.217. The van der Waals surface area contributed by atoms with E-state index in [2.05, 4.69) is 6.92 Å². The molecule has 1 heterocycles. The first-order chi connectivity index (χ1) is 6.56.